The lowest BCUT2D eigenvalue weighted by molar-refractivity contribution is 0.194. The first-order valence-electron chi connectivity index (χ1n) is 7.20. The number of rotatable bonds is 4. The van der Waals surface area contributed by atoms with Gasteiger partial charge < -0.3 is 4.55 Å². The fourth-order valence-electron chi connectivity index (χ4n) is 2.75. The van der Waals surface area contributed by atoms with Crippen molar-refractivity contribution < 1.29 is 4.55 Å². The van der Waals surface area contributed by atoms with Crippen molar-refractivity contribution in [3.63, 3.8) is 0 Å². The van der Waals surface area contributed by atoms with Gasteiger partial charge in [-0.2, -0.15) is 0 Å². The third kappa shape index (κ3) is 2.92. The SMILES string of the molecule is CC1(C[S+]([O-])c2ccc(-c3ccccc3)cc2)CCC1. The lowest BCUT2D eigenvalue weighted by Crippen LogP contribution is -2.33. The Bertz CT molecular complexity index is 558. The third-order valence-electron chi connectivity index (χ3n) is 4.26. The van der Waals surface area contributed by atoms with Crippen LogP contribution in [0.4, 0.5) is 0 Å². The van der Waals surface area contributed by atoms with Crippen molar-refractivity contribution in [2.75, 3.05) is 5.75 Å². The fourth-order valence-corrected chi connectivity index (χ4v) is 4.28. The zero-order valence-corrected chi connectivity index (χ0v) is 12.7. The van der Waals surface area contributed by atoms with Crippen LogP contribution in [0.15, 0.2) is 59.5 Å². The van der Waals surface area contributed by atoms with Crippen molar-refractivity contribution in [3.8, 4) is 11.1 Å². The molecule has 104 valence electrons. The minimum Gasteiger partial charge on any atom is -0.611 e. The quantitative estimate of drug-likeness (QED) is 0.749. The van der Waals surface area contributed by atoms with Gasteiger partial charge in [0.05, 0.1) is 0 Å². The second-order valence-electron chi connectivity index (χ2n) is 6.04. The average molecular weight is 284 g/mol. The Hall–Kier alpha value is -1.25. The van der Waals surface area contributed by atoms with Gasteiger partial charge in [0.1, 0.15) is 5.75 Å². The van der Waals surface area contributed by atoms with E-state index in [0.717, 1.165) is 10.6 Å². The smallest absolute Gasteiger partial charge is 0.152 e. The maximum atomic E-state index is 12.4. The Morgan fingerprint density at radius 1 is 0.950 bits per heavy atom. The van der Waals surface area contributed by atoms with E-state index in [2.05, 4.69) is 31.2 Å². The minimum atomic E-state index is -0.866. The second-order valence-corrected chi connectivity index (χ2v) is 7.50. The van der Waals surface area contributed by atoms with Crippen LogP contribution in [0.3, 0.4) is 0 Å². The first kappa shape index (κ1) is 13.7. The van der Waals surface area contributed by atoms with Crippen LogP contribution in [0.25, 0.3) is 11.1 Å². The maximum absolute atomic E-state index is 12.4. The molecule has 1 fully saturated rings. The van der Waals surface area contributed by atoms with Crippen molar-refractivity contribution in [1.29, 1.82) is 0 Å². The molecule has 0 spiro atoms. The van der Waals surface area contributed by atoms with Crippen LogP contribution in [0.2, 0.25) is 0 Å². The topological polar surface area (TPSA) is 23.1 Å². The van der Waals surface area contributed by atoms with Gasteiger partial charge >= 0.3 is 0 Å². The molecule has 0 amide bonds. The van der Waals surface area contributed by atoms with Crippen molar-refractivity contribution in [3.05, 3.63) is 54.6 Å². The number of hydrogen-bond acceptors (Lipinski definition) is 1. The van der Waals surface area contributed by atoms with E-state index in [9.17, 15) is 4.55 Å². The number of benzene rings is 2. The minimum absolute atomic E-state index is 0.308. The highest BCUT2D eigenvalue weighted by Gasteiger charge is 2.36. The van der Waals surface area contributed by atoms with E-state index in [1.807, 2.05) is 30.3 Å². The van der Waals surface area contributed by atoms with Crippen LogP contribution in [-0.4, -0.2) is 10.3 Å². The van der Waals surface area contributed by atoms with Gasteiger partial charge in [-0.05, 0) is 59.4 Å². The Kier molecular flexibility index (Phi) is 3.86. The van der Waals surface area contributed by atoms with Crippen LogP contribution in [0.5, 0.6) is 0 Å². The molecule has 0 radical (unpaired) electrons. The van der Waals surface area contributed by atoms with Gasteiger partial charge in [0.15, 0.2) is 4.90 Å². The molecule has 0 heterocycles. The number of hydrogen-bond donors (Lipinski definition) is 0. The van der Waals surface area contributed by atoms with E-state index in [1.165, 1.54) is 30.4 Å². The van der Waals surface area contributed by atoms with Crippen LogP contribution < -0.4 is 0 Å². The van der Waals surface area contributed by atoms with E-state index < -0.39 is 11.2 Å². The zero-order valence-electron chi connectivity index (χ0n) is 11.8. The molecule has 3 rings (SSSR count). The largest absolute Gasteiger partial charge is 0.611 e. The van der Waals surface area contributed by atoms with Crippen LogP contribution >= 0.6 is 0 Å². The van der Waals surface area contributed by atoms with Crippen molar-refractivity contribution in [1.82, 2.24) is 0 Å². The van der Waals surface area contributed by atoms with Crippen molar-refractivity contribution in [2.45, 2.75) is 31.1 Å². The molecule has 1 atom stereocenters. The summed E-state index contributed by atoms with van der Waals surface area (Å²) in [6.45, 7) is 2.26. The molecule has 2 heteroatoms. The molecular weight excluding hydrogens is 264 g/mol. The summed E-state index contributed by atoms with van der Waals surface area (Å²) in [5, 5.41) is 0. The molecule has 0 N–H and O–H groups in total. The van der Waals surface area contributed by atoms with Gasteiger partial charge in [0.25, 0.3) is 0 Å². The Balaban J connectivity index is 1.72. The molecule has 1 saturated carbocycles. The summed E-state index contributed by atoms with van der Waals surface area (Å²) >= 11 is -0.866. The predicted molar refractivity (Wildman–Crippen MR) is 85.1 cm³/mol. The zero-order chi connectivity index (χ0) is 14.0. The van der Waals surface area contributed by atoms with Crippen LogP contribution in [-0.2, 0) is 11.2 Å². The van der Waals surface area contributed by atoms with E-state index >= 15 is 0 Å². The molecule has 2 aromatic rings. The average Bonchev–Trinajstić information content (AvgIpc) is 2.47. The lowest BCUT2D eigenvalue weighted by atomic mass is 9.72. The highest BCUT2D eigenvalue weighted by Crippen LogP contribution is 2.42. The van der Waals surface area contributed by atoms with Crippen LogP contribution in [0, 0.1) is 5.41 Å². The maximum Gasteiger partial charge on any atom is 0.152 e. The van der Waals surface area contributed by atoms with Gasteiger partial charge in [-0.1, -0.05) is 43.7 Å². The van der Waals surface area contributed by atoms with Gasteiger partial charge in [-0.3, -0.25) is 0 Å². The Morgan fingerprint density at radius 2 is 1.55 bits per heavy atom. The Morgan fingerprint density at radius 3 is 2.10 bits per heavy atom. The second kappa shape index (κ2) is 5.63. The standard InChI is InChI=1S/C18H20OS/c1-18(12-5-13-18)14-20(19)17-10-8-16(9-11-17)15-6-3-2-4-7-15/h2-4,6-11H,5,12-14H2,1H3. The molecule has 2 aromatic carbocycles. The highest BCUT2D eigenvalue weighted by atomic mass is 32.2. The summed E-state index contributed by atoms with van der Waals surface area (Å²) in [7, 11) is 0. The summed E-state index contributed by atoms with van der Waals surface area (Å²) < 4.78 is 12.4. The first-order valence-corrected chi connectivity index (χ1v) is 8.52. The molecule has 20 heavy (non-hydrogen) atoms. The molecule has 1 aliphatic carbocycles. The van der Waals surface area contributed by atoms with E-state index in [1.54, 1.807) is 0 Å². The fraction of sp³-hybridized carbons (Fsp3) is 0.333. The highest BCUT2D eigenvalue weighted by molar-refractivity contribution is 7.91. The van der Waals surface area contributed by atoms with E-state index in [-0.39, 0.29) is 0 Å². The van der Waals surface area contributed by atoms with Crippen molar-refractivity contribution >= 4 is 11.2 Å². The lowest BCUT2D eigenvalue weighted by Gasteiger charge is -2.37. The summed E-state index contributed by atoms with van der Waals surface area (Å²) in [4.78, 5) is 0.956. The van der Waals surface area contributed by atoms with E-state index in [4.69, 9.17) is 0 Å². The monoisotopic (exact) mass is 284 g/mol. The normalized spacial score (nSPS) is 18.3. The summed E-state index contributed by atoms with van der Waals surface area (Å²) in [5.41, 5.74) is 2.69. The summed E-state index contributed by atoms with van der Waals surface area (Å²) in [6, 6.07) is 18.5. The van der Waals surface area contributed by atoms with Gasteiger partial charge in [-0.25, -0.2) is 0 Å². The van der Waals surface area contributed by atoms with Crippen LogP contribution in [0.1, 0.15) is 26.2 Å². The molecule has 0 saturated heterocycles. The predicted octanol–water partition coefficient (Wildman–Crippen LogP) is 4.65. The Labute approximate surface area is 124 Å². The first-order chi connectivity index (χ1) is 9.66. The summed E-state index contributed by atoms with van der Waals surface area (Å²) in [6.07, 6.45) is 3.74. The molecule has 0 aliphatic heterocycles. The molecule has 1 unspecified atom stereocenters. The third-order valence-corrected chi connectivity index (χ3v) is 6.02. The van der Waals surface area contributed by atoms with Gasteiger partial charge in [0, 0.05) is 5.41 Å². The van der Waals surface area contributed by atoms with E-state index in [0.29, 0.717) is 5.41 Å². The van der Waals surface area contributed by atoms with Crippen molar-refractivity contribution in [2.24, 2.45) is 5.41 Å². The summed E-state index contributed by atoms with van der Waals surface area (Å²) in [5.74, 6) is 0.803. The molecule has 1 aliphatic rings. The molecule has 1 nitrogen and oxygen atoms in total. The van der Waals surface area contributed by atoms with Gasteiger partial charge in [-0.15, -0.1) is 0 Å². The molecule has 0 aromatic heterocycles. The van der Waals surface area contributed by atoms with Gasteiger partial charge in [0.2, 0.25) is 0 Å². The molecular formula is C18H20OS. The molecule has 0 bridgehead atoms.